The smallest absolute Gasteiger partial charge is 0.337 e. The molecular formula is C26H28N6O2. The summed E-state index contributed by atoms with van der Waals surface area (Å²) in [6.45, 7) is 9.10. The van der Waals surface area contributed by atoms with E-state index < -0.39 is 0 Å². The van der Waals surface area contributed by atoms with Gasteiger partial charge in [0.25, 0.3) is 0 Å². The third kappa shape index (κ3) is 3.96. The van der Waals surface area contributed by atoms with Crippen molar-refractivity contribution < 1.29 is 4.79 Å². The lowest BCUT2D eigenvalue weighted by Gasteiger charge is -2.29. The van der Waals surface area contributed by atoms with Gasteiger partial charge in [-0.05, 0) is 56.4 Å². The molecule has 2 aromatic carbocycles. The Morgan fingerprint density at radius 3 is 2.47 bits per heavy atom. The molecule has 0 spiro atoms. The SMILES string of the molecule is Cc1cc(C)c(NC(=O)Cn2nc3cc(C)nc(N4CCc5ccccc5C4)n3c2=O)c(C)c1. The van der Waals surface area contributed by atoms with Crippen molar-refractivity contribution in [3.8, 4) is 0 Å². The summed E-state index contributed by atoms with van der Waals surface area (Å²) < 4.78 is 2.72. The maximum atomic E-state index is 13.3. The van der Waals surface area contributed by atoms with Crippen molar-refractivity contribution in [3.05, 3.63) is 86.5 Å². The molecule has 34 heavy (non-hydrogen) atoms. The van der Waals surface area contributed by atoms with Crippen LogP contribution < -0.4 is 15.9 Å². The molecule has 0 aliphatic carbocycles. The molecule has 0 unspecified atom stereocenters. The molecule has 8 heteroatoms. The molecule has 0 atom stereocenters. The molecule has 1 N–H and O–H groups in total. The topological polar surface area (TPSA) is 84.5 Å². The molecule has 0 bridgehead atoms. The van der Waals surface area contributed by atoms with Crippen molar-refractivity contribution in [1.82, 2.24) is 19.2 Å². The molecule has 8 nitrogen and oxygen atoms in total. The summed E-state index contributed by atoms with van der Waals surface area (Å²) in [7, 11) is 0. The Balaban J connectivity index is 1.46. The van der Waals surface area contributed by atoms with E-state index in [-0.39, 0.29) is 18.1 Å². The lowest BCUT2D eigenvalue weighted by molar-refractivity contribution is -0.117. The van der Waals surface area contributed by atoms with Crippen LogP contribution in [0.5, 0.6) is 0 Å². The Bertz CT molecular complexity index is 1460. The quantitative estimate of drug-likeness (QED) is 0.509. The number of aromatic nitrogens is 4. The zero-order valence-corrected chi connectivity index (χ0v) is 19.9. The first-order chi connectivity index (χ1) is 16.3. The van der Waals surface area contributed by atoms with Gasteiger partial charge in [-0.25, -0.2) is 18.9 Å². The fourth-order valence-electron chi connectivity index (χ4n) is 4.81. The molecule has 1 aliphatic rings. The van der Waals surface area contributed by atoms with Crippen LogP contribution in [0, 0.1) is 27.7 Å². The highest BCUT2D eigenvalue weighted by Crippen LogP contribution is 2.24. The first-order valence-corrected chi connectivity index (χ1v) is 11.5. The van der Waals surface area contributed by atoms with Gasteiger partial charge in [-0.1, -0.05) is 42.0 Å². The van der Waals surface area contributed by atoms with Crippen LogP contribution in [-0.2, 0) is 24.3 Å². The molecular weight excluding hydrogens is 428 g/mol. The summed E-state index contributed by atoms with van der Waals surface area (Å²) in [5.41, 5.74) is 7.33. The van der Waals surface area contributed by atoms with Crippen molar-refractivity contribution in [2.75, 3.05) is 16.8 Å². The molecule has 3 heterocycles. The molecule has 0 radical (unpaired) electrons. The Labute approximate surface area is 197 Å². The number of carbonyl (C=O) groups excluding carboxylic acids is 1. The summed E-state index contributed by atoms with van der Waals surface area (Å²) in [5.74, 6) is 0.269. The van der Waals surface area contributed by atoms with Gasteiger partial charge in [0.2, 0.25) is 11.9 Å². The van der Waals surface area contributed by atoms with Gasteiger partial charge in [-0.15, -0.1) is 5.10 Å². The van der Waals surface area contributed by atoms with Crippen LogP contribution in [0.15, 0.2) is 47.3 Å². The summed E-state index contributed by atoms with van der Waals surface area (Å²) in [4.78, 5) is 33.0. The van der Waals surface area contributed by atoms with Gasteiger partial charge in [-0.3, -0.25) is 4.79 Å². The summed E-state index contributed by atoms with van der Waals surface area (Å²) in [5, 5.41) is 7.41. The van der Waals surface area contributed by atoms with E-state index in [1.165, 1.54) is 20.2 Å². The fourth-order valence-corrected chi connectivity index (χ4v) is 4.81. The predicted molar refractivity (Wildman–Crippen MR) is 132 cm³/mol. The second-order valence-electron chi connectivity index (χ2n) is 9.09. The van der Waals surface area contributed by atoms with Crippen molar-refractivity contribution in [2.45, 2.75) is 47.2 Å². The number of fused-ring (bicyclic) bond motifs is 2. The summed E-state index contributed by atoms with van der Waals surface area (Å²) in [6, 6.07) is 14.2. The number of anilines is 2. The third-order valence-corrected chi connectivity index (χ3v) is 6.33. The molecule has 2 aromatic heterocycles. The van der Waals surface area contributed by atoms with Crippen LogP contribution in [0.4, 0.5) is 11.6 Å². The highest BCUT2D eigenvalue weighted by molar-refractivity contribution is 5.92. The Hall–Kier alpha value is -3.94. The van der Waals surface area contributed by atoms with Gasteiger partial charge in [0, 0.05) is 30.5 Å². The van der Waals surface area contributed by atoms with E-state index in [4.69, 9.17) is 0 Å². The Morgan fingerprint density at radius 1 is 1.03 bits per heavy atom. The number of hydrogen-bond acceptors (Lipinski definition) is 5. The fraction of sp³-hybridized carbons (Fsp3) is 0.308. The highest BCUT2D eigenvalue weighted by Gasteiger charge is 2.23. The molecule has 4 aromatic rings. The number of nitrogens with zero attached hydrogens (tertiary/aromatic N) is 5. The predicted octanol–water partition coefficient (Wildman–Crippen LogP) is 3.33. The van der Waals surface area contributed by atoms with E-state index in [2.05, 4.69) is 38.5 Å². The second kappa shape index (κ2) is 8.44. The van der Waals surface area contributed by atoms with E-state index in [0.29, 0.717) is 18.1 Å². The Kier molecular flexibility index (Phi) is 5.43. The van der Waals surface area contributed by atoms with E-state index in [0.717, 1.165) is 41.0 Å². The van der Waals surface area contributed by atoms with Gasteiger partial charge in [-0.2, -0.15) is 0 Å². The molecule has 0 fully saturated rings. The van der Waals surface area contributed by atoms with Crippen LogP contribution in [0.25, 0.3) is 5.65 Å². The summed E-state index contributed by atoms with van der Waals surface area (Å²) in [6.07, 6.45) is 0.883. The maximum Gasteiger partial charge on any atom is 0.353 e. The average molecular weight is 457 g/mol. The zero-order valence-electron chi connectivity index (χ0n) is 19.9. The maximum absolute atomic E-state index is 13.3. The van der Waals surface area contributed by atoms with Crippen LogP contribution in [0.2, 0.25) is 0 Å². The molecule has 0 saturated heterocycles. The van der Waals surface area contributed by atoms with Crippen LogP contribution >= 0.6 is 0 Å². The van der Waals surface area contributed by atoms with E-state index in [9.17, 15) is 9.59 Å². The first kappa shape index (κ1) is 21.9. The van der Waals surface area contributed by atoms with E-state index >= 15 is 0 Å². The molecule has 174 valence electrons. The standard InChI is InChI=1S/C26H28N6O2/c1-16-11-17(2)24(18(3)12-16)28-23(33)15-31-26(34)32-22(29-31)13-19(4)27-25(32)30-10-9-20-7-5-6-8-21(20)14-30/h5-8,11-13H,9-10,14-15H2,1-4H3,(H,28,33). The van der Waals surface area contributed by atoms with Crippen molar-refractivity contribution in [3.63, 3.8) is 0 Å². The van der Waals surface area contributed by atoms with Crippen LogP contribution in [0.1, 0.15) is 33.5 Å². The highest BCUT2D eigenvalue weighted by atomic mass is 16.2. The number of nitrogens with one attached hydrogen (secondary N) is 1. The minimum atomic E-state index is -0.371. The normalized spacial score (nSPS) is 13.2. The number of amides is 1. The largest absolute Gasteiger partial charge is 0.353 e. The lowest BCUT2D eigenvalue weighted by Crippen LogP contribution is -2.35. The van der Waals surface area contributed by atoms with E-state index in [1.54, 1.807) is 6.07 Å². The van der Waals surface area contributed by atoms with Crippen molar-refractivity contribution >= 4 is 23.2 Å². The van der Waals surface area contributed by atoms with Crippen molar-refractivity contribution in [2.24, 2.45) is 0 Å². The zero-order chi connectivity index (χ0) is 24.0. The minimum Gasteiger partial charge on any atom is -0.337 e. The van der Waals surface area contributed by atoms with Crippen LogP contribution in [0.3, 0.4) is 0 Å². The minimum absolute atomic E-state index is 0.172. The number of benzene rings is 2. The molecule has 1 aliphatic heterocycles. The lowest BCUT2D eigenvalue weighted by atomic mass is 10.0. The molecule has 0 saturated carbocycles. The van der Waals surface area contributed by atoms with Crippen molar-refractivity contribution in [1.29, 1.82) is 0 Å². The van der Waals surface area contributed by atoms with Gasteiger partial charge >= 0.3 is 5.69 Å². The molecule has 5 rings (SSSR count). The van der Waals surface area contributed by atoms with Gasteiger partial charge < -0.3 is 10.2 Å². The number of aryl methyl sites for hydroxylation is 4. The second-order valence-corrected chi connectivity index (χ2v) is 9.09. The average Bonchev–Trinajstić information content (AvgIpc) is 3.10. The number of hydrogen-bond donors (Lipinski definition) is 1. The van der Waals surface area contributed by atoms with Crippen LogP contribution in [-0.4, -0.2) is 31.6 Å². The molecule has 1 amide bonds. The third-order valence-electron chi connectivity index (χ3n) is 6.33. The van der Waals surface area contributed by atoms with Gasteiger partial charge in [0.05, 0.1) is 0 Å². The first-order valence-electron chi connectivity index (χ1n) is 11.5. The number of rotatable bonds is 4. The summed E-state index contributed by atoms with van der Waals surface area (Å²) >= 11 is 0. The number of carbonyl (C=O) groups is 1. The van der Waals surface area contributed by atoms with Gasteiger partial charge in [0.1, 0.15) is 6.54 Å². The Morgan fingerprint density at radius 2 is 1.74 bits per heavy atom. The van der Waals surface area contributed by atoms with Gasteiger partial charge in [0.15, 0.2) is 5.65 Å². The monoisotopic (exact) mass is 456 g/mol. The van der Waals surface area contributed by atoms with E-state index in [1.807, 2.05) is 45.9 Å².